The van der Waals surface area contributed by atoms with Gasteiger partial charge in [-0.25, -0.2) is 4.98 Å². The third-order valence-electron chi connectivity index (χ3n) is 1.31. The second-order valence-electron chi connectivity index (χ2n) is 2.16. The van der Waals surface area contributed by atoms with E-state index in [1.165, 1.54) is 12.3 Å². The average Bonchev–Trinajstić information content (AvgIpc) is 2.16. The zero-order valence-electron chi connectivity index (χ0n) is 6.70. The van der Waals surface area contributed by atoms with Crippen LogP contribution in [0.1, 0.15) is 5.56 Å². The predicted molar refractivity (Wildman–Crippen MR) is 46.5 cm³/mol. The second kappa shape index (κ2) is 4.65. The number of aliphatic hydroxyl groups is 1. The number of rotatable bonds is 3. The minimum Gasteiger partial charge on any atom is -0.474 e. The van der Waals surface area contributed by atoms with E-state index in [1.54, 1.807) is 0 Å². The number of halogens is 1. The summed E-state index contributed by atoms with van der Waals surface area (Å²) in [6, 6.07) is 3.39. The number of pyridine rings is 1. The van der Waals surface area contributed by atoms with Gasteiger partial charge in [-0.1, -0.05) is 11.6 Å². The highest BCUT2D eigenvalue weighted by atomic mass is 35.5. The second-order valence-corrected chi connectivity index (χ2v) is 2.54. The average molecular weight is 199 g/mol. The highest BCUT2D eigenvalue weighted by Crippen LogP contribution is 2.24. The molecule has 1 aromatic heterocycles. The van der Waals surface area contributed by atoms with E-state index in [9.17, 15) is 0 Å². The van der Waals surface area contributed by atoms with Gasteiger partial charge in [-0.15, -0.1) is 0 Å². The van der Waals surface area contributed by atoms with Gasteiger partial charge in [-0.05, 0) is 6.07 Å². The lowest BCUT2D eigenvalue weighted by Gasteiger charge is -2.04. The van der Waals surface area contributed by atoms with Crippen molar-refractivity contribution in [2.75, 3.05) is 13.2 Å². The fourth-order valence-corrected chi connectivity index (χ4v) is 0.962. The summed E-state index contributed by atoms with van der Waals surface area (Å²) in [5.41, 5.74) is 0.310. The molecule has 0 bridgehead atoms. The first kappa shape index (κ1) is 9.78. The summed E-state index contributed by atoms with van der Waals surface area (Å²) in [6.45, 7) is -0.00358. The molecule has 13 heavy (non-hydrogen) atoms. The minimum absolute atomic E-state index is 0.113. The molecule has 0 aliphatic carbocycles. The fourth-order valence-electron chi connectivity index (χ4n) is 0.754. The SMILES string of the molecule is N#Cc1ccnc(OCCO)c1Cl. The van der Waals surface area contributed by atoms with Crippen molar-refractivity contribution >= 4 is 11.6 Å². The molecular formula is C8H7ClN2O2. The third-order valence-corrected chi connectivity index (χ3v) is 1.67. The molecule has 0 fully saturated rings. The van der Waals surface area contributed by atoms with Crippen molar-refractivity contribution in [3.05, 3.63) is 22.8 Å². The molecule has 0 radical (unpaired) electrons. The molecule has 1 aromatic rings. The van der Waals surface area contributed by atoms with Crippen LogP contribution in [0.4, 0.5) is 0 Å². The van der Waals surface area contributed by atoms with Gasteiger partial charge in [-0.3, -0.25) is 0 Å². The zero-order valence-corrected chi connectivity index (χ0v) is 7.45. The van der Waals surface area contributed by atoms with Gasteiger partial charge in [-0.2, -0.15) is 5.26 Å². The molecule has 0 unspecified atom stereocenters. The highest BCUT2D eigenvalue weighted by molar-refractivity contribution is 6.32. The molecule has 68 valence electrons. The molecular weight excluding hydrogens is 192 g/mol. The Morgan fingerprint density at radius 3 is 3.08 bits per heavy atom. The highest BCUT2D eigenvalue weighted by Gasteiger charge is 2.07. The van der Waals surface area contributed by atoms with Crippen molar-refractivity contribution in [1.82, 2.24) is 4.98 Å². The van der Waals surface area contributed by atoms with Crippen molar-refractivity contribution < 1.29 is 9.84 Å². The Morgan fingerprint density at radius 2 is 2.46 bits per heavy atom. The van der Waals surface area contributed by atoms with E-state index in [1.807, 2.05) is 6.07 Å². The van der Waals surface area contributed by atoms with E-state index in [4.69, 9.17) is 26.7 Å². The zero-order chi connectivity index (χ0) is 9.68. The van der Waals surface area contributed by atoms with E-state index in [0.29, 0.717) is 5.56 Å². The molecule has 0 amide bonds. The summed E-state index contributed by atoms with van der Waals surface area (Å²) < 4.78 is 4.98. The Balaban J connectivity index is 2.90. The van der Waals surface area contributed by atoms with E-state index in [0.717, 1.165) is 0 Å². The lowest BCUT2D eigenvalue weighted by Crippen LogP contribution is -2.03. The Morgan fingerprint density at radius 1 is 1.69 bits per heavy atom. The quantitative estimate of drug-likeness (QED) is 0.786. The van der Waals surface area contributed by atoms with Crippen LogP contribution in [0.3, 0.4) is 0 Å². The Kier molecular flexibility index (Phi) is 3.50. The molecule has 1 heterocycles. The molecule has 0 aliphatic rings. The largest absolute Gasteiger partial charge is 0.474 e. The molecule has 0 aromatic carbocycles. The van der Waals surface area contributed by atoms with Gasteiger partial charge < -0.3 is 9.84 Å². The molecule has 0 spiro atoms. The standard InChI is InChI=1S/C8H7ClN2O2/c9-7-6(5-10)1-2-11-8(7)13-4-3-12/h1-2,12H,3-4H2. The van der Waals surface area contributed by atoms with E-state index in [2.05, 4.69) is 4.98 Å². The first-order valence-corrected chi connectivity index (χ1v) is 3.95. The van der Waals surface area contributed by atoms with E-state index >= 15 is 0 Å². The molecule has 0 atom stereocenters. The van der Waals surface area contributed by atoms with Gasteiger partial charge in [0.25, 0.3) is 0 Å². The van der Waals surface area contributed by atoms with Gasteiger partial charge in [0.05, 0.1) is 12.2 Å². The van der Waals surface area contributed by atoms with Crippen LogP contribution in [0.25, 0.3) is 0 Å². The molecule has 0 saturated heterocycles. The number of hydrogen-bond donors (Lipinski definition) is 1. The summed E-state index contributed by atoms with van der Waals surface area (Å²) in [6.07, 6.45) is 1.43. The van der Waals surface area contributed by atoms with Gasteiger partial charge in [0.1, 0.15) is 17.7 Å². The van der Waals surface area contributed by atoms with Crippen LogP contribution in [-0.4, -0.2) is 23.3 Å². The summed E-state index contributed by atoms with van der Waals surface area (Å²) in [4.78, 5) is 3.81. The maximum absolute atomic E-state index is 8.60. The smallest absolute Gasteiger partial charge is 0.234 e. The van der Waals surface area contributed by atoms with Crippen LogP contribution in [-0.2, 0) is 0 Å². The number of aliphatic hydroxyl groups excluding tert-OH is 1. The number of hydrogen-bond acceptors (Lipinski definition) is 4. The van der Waals surface area contributed by atoms with Gasteiger partial charge in [0.15, 0.2) is 0 Å². The maximum atomic E-state index is 8.60. The lowest BCUT2D eigenvalue weighted by atomic mass is 10.3. The van der Waals surface area contributed by atoms with Crippen molar-refractivity contribution in [2.45, 2.75) is 0 Å². The van der Waals surface area contributed by atoms with E-state index in [-0.39, 0.29) is 24.1 Å². The Hall–Kier alpha value is -1.31. The number of nitriles is 1. The summed E-state index contributed by atoms with van der Waals surface area (Å²) >= 11 is 5.75. The maximum Gasteiger partial charge on any atom is 0.234 e. The van der Waals surface area contributed by atoms with Crippen LogP contribution in [0.2, 0.25) is 5.02 Å². The summed E-state index contributed by atoms with van der Waals surface area (Å²) in [5, 5.41) is 17.3. The van der Waals surface area contributed by atoms with Crippen LogP contribution in [0, 0.1) is 11.3 Å². The van der Waals surface area contributed by atoms with Crippen LogP contribution in [0.15, 0.2) is 12.3 Å². The van der Waals surface area contributed by atoms with Crippen molar-refractivity contribution in [1.29, 1.82) is 5.26 Å². The molecule has 4 nitrogen and oxygen atoms in total. The number of nitrogens with zero attached hydrogens (tertiary/aromatic N) is 2. The molecule has 5 heteroatoms. The van der Waals surface area contributed by atoms with Crippen LogP contribution < -0.4 is 4.74 Å². The first-order valence-electron chi connectivity index (χ1n) is 3.58. The third kappa shape index (κ3) is 2.31. The molecule has 0 aliphatic heterocycles. The van der Waals surface area contributed by atoms with Crippen molar-refractivity contribution in [2.24, 2.45) is 0 Å². The Labute approximate surface area is 80.3 Å². The number of ether oxygens (including phenoxy) is 1. The topological polar surface area (TPSA) is 66.1 Å². The fraction of sp³-hybridized carbons (Fsp3) is 0.250. The van der Waals surface area contributed by atoms with Crippen LogP contribution in [0.5, 0.6) is 5.88 Å². The number of aromatic nitrogens is 1. The molecule has 1 N–H and O–H groups in total. The van der Waals surface area contributed by atoms with Gasteiger partial charge in [0.2, 0.25) is 5.88 Å². The van der Waals surface area contributed by atoms with E-state index < -0.39 is 0 Å². The van der Waals surface area contributed by atoms with Crippen LogP contribution >= 0.6 is 11.6 Å². The van der Waals surface area contributed by atoms with Gasteiger partial charge in [0, 0.05) is 6.20 Å². The molecule has 1 rings (SSSR count). The summed E-state index contributed by atoms with van der Waals surface area (Å²) in [7, 11) is 0. The normalized spacial score (nSPS) is 9.31. The molecule has 0 saturated carbocycles. The van der Waals surface area contributed by atoms with Crippen molar-refractivity contribution in [3.63, 3.8) is 0 Å². The monoisotopic (exact) mass is 198 g/mol. The lowest BCUT2D eigenvalue weighted by molar-refractivity contribution is 0.197. The minimum atomic E-state index is -0.116. The summed E-state index contributed by atoms with van der Waals surface area (Å²) in [5.74, 6) is 0.176. The predicted octanol–water partition coefficient (Wildman–Crippen LogP) is 0.978. The van der Waals surface area contributed by atoms with Crippen molar-refractivity contribution in [3.8, 4) is 11.9 Å². The van der Waals surface area contributed by atoms with Gasteiger partial charge >= 0.3 is 0 Å². The Bertz CT molecular complexity index is 335. The first-order chi connectivity index (χ1) is 6.29.